The van der Waals surface area contributed by atoms with E-state index in [0.717, 1.165) is 22.2 Å². The molecule has 1 unspecified atom stereocenters. The minimum atomic E-state index is -0.219. The van der Waals surface area contributed by atoms with E-state index in [9.17, 15) is 4.79 Å². The monoisotopic (exact) mass is 372 g/mol. The number of carbonyl (C=O) groups excluding carboxylic acids is 1. The van der Waals surface area contributed by atoms with Gasteiger partial charge in [0.05, 0.1) is 17.6 Å². The number of benzene rings is 2. The number of fused-ring (bicyclic) bond motifs is 1. The second-order valence-electron chi connectivity index (χ2n) is 6.63. The first-order valence-electron chi connectivity index (χ1n) is 8.58. The summed E-state index contributed by atoms with van der Waals surface area (Å²) in [6.45, 7) is 4.73. The SMILES string of the molecule is CC(C)c1ccc(C(N)CNC(=O)Cc2[nH]nc3ccccc23)cc1.Cl. The molecule has 6 heteroatoms. The van der Waals surface area contributed by atoms with Crippen LogP contribution in [0.2, 0.25) is 0 Å². The Bertz CT molecular complexity index is 858. The molecule has 0 aliphatic heterocycles. The molecule has 0 bridgehead atoms. The summed E-state index contributed by atoms with van der Waals surface area (Å²) in [5.41, 5.74) is 10.2. The molecule has 3 rings (SSSR count). The van der Waals surface area contributed by atoms with Gasteiger partial charge in [0.2, 0.25) is 5.91 Å². The predicted octanol–water partition coefficient (Wildman–Crippen LogP) is 3.47. The van der Waals surface area contributed by atoms with Gasteiger partial charge in [-0.25, -0.2) is 0 Å². The molecule has 26 heavy (non-hydrogen) atoms. The van der Waals surface area contributed by atoms with Gasteiger partial charge in [-0.05, 0) is 23.1 Å². The number of para-hydroxylation sites is 1. The summed E-state index contributed by atoms with van der Waals surface area (Å²) in [7, 11) is 0. The van der Waals surface area contributed by atoms with Crippen LogP contribution in [0.1, 0.15) is 42.6 Å². The van der Waals surface area contributed by atoms with Crippen molar-refractivity contribution in [3.05, 3.63) is 65.4 Å². The first-order chi connectivity index (χ1) is 12.0. The molecule has 5 nitrogen and oxygen atoms in total. The highest BCUT2D eigenvalue weighted by Crippen LogP contribution is 2.18. The molecule has 0 saturated carbocycles. The lowest BCUT2D eigenvalue weighted by molar-refractivity contribution is -0.120. The van der Waals surface area contributed by atoms with Crippen LogP contribution in [0, 0.1) is 0 Å². The van der Waals surface area contributed by atoms with Gasteiger partial charge in [0.15, 0.2) is 0 Å². The highest BCUT2D eigenvalue weighted by atomic mass is 35.5. The van der Waals surface area contributed by atoms with E-state index in [4.69, 9.17) is 5.73 Å². The number of rotatable bonds is 6. The molecule has 4 N–H and O–H groups in total. The number of amides is 1. The molecule has 2 aromatic carbocycles. The summed E-state index contributed by atoms with van der Waals surface area (Å²) >= 11 is 0. The Morgan fingerprint density at radius 2 is 1.77 bits per heavy atom. The lowest BCUT2D eigenvalue weighted by atomic mass is 9.99. The Labute approximate surface area is 159 Å². The fourth-order valence-electron chi connectivity index (χ4n) is 2.84. The second-order valence-corrected chi connectivity index (χ2v) is 6.63. The van der Waals surface area contributed by atoms with E-state index in [1.54, 1.807) is 0 Å². The summed E-state index contributed by atoms with van der Waals surface area (Å²) < 4.78 is 0. The smallest absolute Gasteiger partial charge is 0.226 e. The Balaban J connectivity index is 0.00000243. The molecule has 0 saturated heterocycles. The maximum atomic E-state index is 12.2. The molecule has 0 radical (unpaired) electrons. The quantitative estimate of drug-likeness (QED) is 0.619. The number of nitrogens with one attached hydrogen (secondary N) is 2. The number of hydrogen-bond acceptors (Lipinski definition) is 3. The average molecular weight is 373 g/mol. The van der Waals surface area contributed by atoms with E-state index >= 15 is 0 Å². The molecule has 1 amide bonds. The molecule has 3 aromatic rings. The van der Waals surface area contributed by atoms with Crippen molar-refractivity contribution < 1.29 is 4.79 Å². The van der Waals surface area contributed by atoms with Crippen molar-refractivity contribution in [3.8, 4) is 0 Å². The molecular weight excluding hydrogens is 348 g/mol. The van der Waals surface area contributed by atoms with Gasteiger partial charge in [0, 0.05) is 18.0 Å². The third-order valence-corrected chi connectivity index (χ3v) is 4.43. The minimum Gasteiger partial charge on any atom is -0.354 e. The molecule has 0 aliphatic rings. The Morgan fingerprint density at radius 3 is 2.46 bits per heavy atom. The summed E-state index contributed by atoms with van der Waals surface area (Å²) in [6, 6.07) is 15.8. The van der Waals surface area contributed by atoms with Crippen LogP contribution in [0.4, 0.5) is 0 Å². The van der Waals surface area contributed by atoms with E-state index in [1.165, 1.54) is 5.56 Å². The fraction of sp³-hybridized carbons (Fsp3) is 0.300. The number of aromatic nitrogens is 2. The van der Waals surface area contributed by atoms with Gasteiger partial charge < -0.3 is 11.1 Å². The maximum Gasteiger partial charge on any atom is 0.226 e. The highest BCUT2D eigenvalue weighted by molar-refractivity contribution is 5.87. The van der Waals surface area contributed by atoms with E-state index in [-0.39, 0.29) is 30.8 Å². The normalized spacial score (nSPS) is 12.0. The Morgan fingerprint density at radius 1 is 1.12 bits per heavy atom. The van der Waals surface area contributed by atoms with Crippen molar-refractivity contribution in [3.63, 3.8) is 0 Å². The largest absolute Gasteiger partial charge is 0.354 e. The van der Waals surface area contributed by atoms with Crippen molar-refractivity contribution in [2.45, 2.75) is 32.2 Å². The molecule has 1 atom stereocenters. The number of hydrogen-bond donors (Lipinski definition) is 3. The van der Waals surface area contributed by atoms with Crippen LogP contribution >= 0.6 is 12.4 Å². The third-order valence-electron chi connectivity index (χ3n) is 4.43. The molecule has 0 aliphatic carbocycles. The van der Waals surface area contributed by atoms with E-state index in [2.05, 4.69) is 41.5 Å². The molecule has 1 aromatic heterocycles. The average Bonchev–Trinajstić information content (AvgIpc) is 3.03. The van der Waals surface area contributed by atoms with Gasteiger partial charge in [0.25, 0.3) is 0 Å². The van der Waals surface area contributed by atoms with E-state index in [1.807, 2.05) is 36.4 Å². The zero-order valence-corrected chi connectivity index (χ0v) is 15.8. The molecule has 138 valence electrons. The van der Waals surface area contributed by atoms with Crippen LogP contribution in [0.25, 0.3) is 10.9 Å². The van der Waals surface area contributed by atoms with E-state index in [0.29, 0.717) is 12.5 Å². The first-order valence-corrected chi connectivity index (χ1v) is 8.58. The molecular formula is C20H25ClN4O. The van der Waals surface area contributed by atoms with Crippen LogP contribution in [-0.4, -0.2) is 22.6 Å². The van der Waals surface area contributed by atoms with Gasteiger partial charge in [-0.15, -0.1) is 12.4 Å². The minimum absolute atomic E-state index is 0. The van der Waals surface area contributed by atoms with Crippen molar-refractivity contribution >= 4 is 29.2 Å². The molecule has 0 spiro atoms. The fourth-order valence-corrected chi connectivity index (χ4v) is 2.84. The van der Waals surface area contributed by atoms with Crippen LogP contribution in [0.15, 0.2) is 48.5 Å². The van der Waals surface area contributed by atoms with Crippen molar-refractivity contribution in [2.24, 2.45) is 5.73 Å². The van der Waals surface area contributed by atoms with E-state index < -0.39 is 0 Å². The first kappa shape index (κ1) is 19.9. The number of nitrogens with two attached hydrogens (primary N) is 1. The summed E-state index contributed by atoms with van der Waals surface area (Å²) in [4.78, 5) is 12.2. The summed E-state index contributed by atoms with van der Waals surface area (Å²) in [6.07, 6.45) is 0.263. The van der Waals surface area contributed by atoms with Gasteiger partial charge in [-0.3, -0.25) is 9.89 Å². The van der Waals surface area contributed by atoms with Crippen molar-refractivity contribution in [2.75, 3.05) is 6.54 Å². The number of aromatic amines is 1. The van der Waals surface area contributed by atoms with Crippen LogP contribution in [-0.2, 0) is 11.2 Å². The second kappa shape index (κ2) is 8.83. The van der Waals surface area contributed by atoms with Gasteiger partial charge in [-0.2, -0.15) is 5.10 Å². The van der Waals surface area contributed by atoms with Crippen molar-refractivity contribution in [1.29, 1.82) is 0 Å². The molecule has 1 heterocycles. The lowest BCUT2D eigenvalue weighted by Crippen LogP contribution is -2.33. The number of nitrogens with zero attached hydrogens (tertiary/aromatic N) is 1. The molecule has 0 fully saturated rings. The van der Waals surface area contributed by atoms with Gasteiger partial charge in [-0.1, -0.05) is 56.3 Å². The van der Waals surface area contributed by atoms with Crippen LogP contribution in [0.5, 0.6) is 0 Å². The maximum absolute atomic E-state index is 12.2. The topological polar surface area (TPSA) is 83.8 Å². The Hall–Kier alpha value is -2.37. The van der Waals surface area contributed by atoms with Gasteiger partial charge >= 0.3 is 0 Å². The Kier molecular flexibility index (Phi) is 6.77. The third kappa shape index (κ3) is 4.62. The number of carbonyl (C=O) groups is 1. The summed E-state index contributed by atoms with van der Waals surface area (Å²) in [5, 5.41) is 11.0. The van der Waals surface area contributed by atoms with Crippen LogP contribution in [0.3, 0.4) is 0 Å². The summed E-state index contributed by atoms with van der Waals surface area (Å²) in [5.74, 6) is 0.429. The standard InChI is InChI=1S/C20H24N4O.ClH/c1-13(2)14-7-9-15(10-8-14)17(21)12-22-20(25)11-19-16-5-3-4-6-18(16)23-24-19;/h3-10,13,17H,11-12,21H2,1-2H3,(H,22,25)(H,23,24);1H. The zero-order valence-electron chi connectivity index (χ0n) is 15.0. The lowest BCUT2D eigenvalue weighted by Gasteiger charge is -2.14. The highest BCUT2D eigenvalue weighted by Gasteiger charge is 2.12. The zero-order chi connectivity index (χ0) is 17.8. The van der Waals surface area contributed by atoms with Crippen molar-refractivity contribution in [1.82, 2.24) is 15.5 Å². The van der Waals surface area contributed by atoms with Crippen LogP contribution < -0.4 is 11.1 Å². The number of halogens is 1. The predicted molar refractivity (Wildman–Crippen MR) is 108 cm³/mol. The number of H-pyrrole nitrogens is 1. The van der Waals surface area contributed by atoms with Gasteiger partial charge in [0.1, 0.15) is 0 Å².